The molecule has 2 aromatic heterocycles. The molecule has 4 heterocycles. The number of nitrogens with zero attached hydrogens (tertiary/aromatic N) is 10. The molecule has 3 saturated carbocycles. The number of carbonyl (C=O) groups excluding carboxylic acids is 8. The number of rotatable bonds is 31. The highest BCUT2D eigenvalue weighted by atomic mass is 127. The van der Waals surface area contributed by atoms with E-state index in [9.17, 15) is 79.1 Å². The smallest absolute Gasteiger partial charge is 0.269 e. The van der Waals surface area contributed by atoms with E-state index in [1.165, 1.54) is 57.5 Å². The predicted octanol–water partition coefficient (Wildman–Crippen LogP) is 8.13. The number of aliphatic hydroxyl groups excluding tert-OH is 6. The van der Waals surface area contributed by atoms with Gasteiger partial charge in [0, 0.05) is 64.0 Å². The average molecular weight is 1860 g/mol. The number of aromatic nitrogens is 6. The molecule has 5 fully saturated rings. The van der Waals surface area contributed by atoms with Gasteiger partial charge in [0.05, 0.1) is 41.7 Å². The quantitative estimate of drug-likeness (QED) is 0.00846. The van der Waals surface area contributed by atoms with Crippen LogP contribution in [0.5, 0.6) is 0 Å². The van der Waals surface area contributed by atoms with E-state index in [0.717, 1.165) is 138 Å². The first-order valence-electron chi connectivity index (χ1n) is 41.1. The number of aliphatic hydroxyl groups is 6. The number of nitro groups is 1. The van der Waals surface area contributed by atoms with Crippen molar-refractivity contribution in [3.8, 4) is 0 Å². The Morgan fingerprint density at radius 1 is 0.492 bits per heavy atom. The second kappa shape index (κ2) is 46.3. The SMILES string of the molecule is CCCCNC(=O)C(C1CCCCC1)N(C(=O)c1ccccc1)c1cn(C2OC(CO)C(O)C(O)C2NC(C)=O)nn1.CCCCNC(=O)C(C1CCCCC1)N(C(=O)c1ccccc1I)c1ccc([N+](=O)[O-])cc1.CCCCNC(=O)C(C1CCCCC1)N(C(=O)c1ccccc1I)c1cn(C2OC(CO)C(O)C(O)C2NC(C)=O)nn1. The number of non-ortho nitro benzene ring substituents is 1. The number of halogens is 2. The molecule has 35 heteroatoms. The number of amides is 8. The molecule has 13 atom stereocenters. The van der Waals surface area contributed by atoms with Crippen molar-refractivity contribution in [3.05, 3.63) is 149 Å². The number of nitrogens with one attached hydrogen (secondary N) is 5. The average Bonchev–Trinajstić information content (AvgIpc) is 1.57. The largest absolute Gasteiger partial charge is 0.394 e. The third-order valence-corrected chi connectivity index (χ3v) is 24.1. The van der Waals surface area contributed by atoms with E-state index in [0.29, 0.717) is 45.6 Å². The molecule has 11 N–H and O–H groups in total. The Kier molecular flexibility index (Phi) is 36.6. The Morgan fingerprint density at radius 2 is 0.839 bits per heavy atom. The molecule has 2 aliphatic heterocycles. The minimum Gasteiger partial charge on any atom is -0.394 e. The van der Waals surface area contributed by atoms with Crippen LogP contribution in [0.25, 0.3) is 0 Å². The summed E-state index contributed by atoms with van der Waals surface area (Å²) in [6.07, 6.45) is 11.4. The van der Waals surface area contributed by atoms with E-state index >= 15 is 0 Å². The number of benzene rings is 4. The summed E-state index contributed by atoms with van der Waals surface area (Å²) in [5.74, 6) is -2.75. The highest BCUT2D eigenvalue weighted by molar-refractivity contribution is 14.1. The van der Waals surface area contributed by atoms with E-state index in [-0.39, 0.29) is 58.7 Å². The number of hydrogen-bond acceptors (Lipinski definition) is 22. The summed E-state index contributed by atoms with van der Waals surface area (Å²) < 4.78 is 15.7. The monoisotopic (exact) mass is 1860 g/mol. The van der Waals surface area contributed by atoms with Crippen LogP contribution in [0.1, 0.15) is 213 Å². The first-order valence-corrected chi connectivity index (χ1v) is 43.3. The van der Waals surface area contributed by atoms with Crippen LogP contribution in [0.4, 0.5) is 23.0 Å². The van der Waals surface area contributed by atoms with Crippen LogP contribution in [0, 0.1) is 35.0 Å². The van der Waals surface area contributed by atoms with Crippen LogP contribution in [0.3, 0.4) is 0 Å². The van der Waals surface area contributed by atoms with E-state index in [2.05, 4.69) is 99.3 Å². The maximum Gasteiger partial charge on any atom is 0.269 e. The molecule has 11 rings (SSSR count). The van der Waals surface area contributed by atoms with Crippen molar-refractivity contribution in [3.63, 3.8) is 0 Å². The summed E-state index contributed by atoms with van der Waals surface area (Å²) in [5, 5.41) is 104. The third kappa shape index (κ3) is 24.2. The van der Waals surface area contributed by atoms with Crippen LogP contribution in [-0.4, -0.2) is 212 Å². The highest BCUT2D eigenvalue weighted by Crippen LogP contribution is 2.39. The zero-order valence-electron chi connectivity index (χ0n) is 67.4. The van der Waals surface area contributed by atoms with Gasteiger partial charge in [0.25, 0.3) is 23.4 Å². The van der Waals surface area contributed by atoms with Crippen molar-refractivity contribution in [2.45, 2.75) is 249 Å². The van der Waals surface area contributed by atoms with E-state index in [4.69, 9.17) is 9.47 Å². The van der Waals surface area contributed by atoms with E-state index in [1.807, 2.05) is 38.1 Å². The molecular formula is C83H113I2N15O18. The Balaban J connectivity index is 0.000000204. The van der Waals surface area contributed by atoms with Crippen LogP contribution in [-0.2, 0) is 33.4 Å². The van der Waals surface area contributed by atoms with Crippen molar-refractivity contribution in [2.24, 2.45) is 17.8 Å². The number of nitro benzene ring substituents is 1. The van der Waals surface area contributed by atoms with Crippen molar-refractivity contribution in [1.82, 2.24) is 56.6 Å². The lowest BCUT2D eigenvalue weighted by molar-refractivity contribution is -0.384. The predicted molar refractivity (Wildman–Crippen MR) is 454 cm³/mol. The molecule has 4 aromatic carbocycles. The van der Waals surface area contributed by atoms with Gasteiger partial charge in [-0.2, -0.15) is 0 Å². The maximum absolute atomic E-state index is 14.3. The standard InChI is InChI=1S/C29H41IN6O7.C29H42N6O7.C25H30IN3O4/c1-3-4-14-31-27(41)24(18-10-6-5-7-11-18)36(28(42)19-12-8-9-13-20(19)30)22-15-35(34-33-22)29-23(32-17(2)38)26(40)25(39)21(16-37)43-29;1-3-4-15-30-27(40)24(19-11-7-5-8-12-19)35(28(41)20-13-9-6-10-14-20)22-16-34(33-32-22)29-23(31-18(2)37)26(39)25(38)21(17-36)42-29;1-2-3-17-27-24(30)23(18-9-5-4-6-10-18)28(19-13-15-20(16-14-19)29(32)33)25(31)21-11-7-8-12-22(21)26/h8-9,12-13,15,18,21,23-26,29,37,39-40H,3-7,10-11,14,16H2,1-2H3,(H,31,41)(H,32,38);6,9-10,13-14,16,19,21,23-26,29,36,38-39H,3-5,7-8,11-12,15,17H2,1-2H3,(H,30,40)(H,31,37);7-8,11-16,18,23H,2-6,9-10,17H2,1H3,(H,27,30). The minimum atomic E-state index is -1.49. The molecule has 0 bridgehead atoms. The Labute approximate surface area is 714 Å². The number of unbranched alkanes of at least 4 members (excludes halogenated alkanes) is 3. The third-order valence-electron chi connectivity index (χ3n) is 22.2. The lowest BCUT2D eigenvalue weighted by Gasteiger charge is -2.42. The van der Waals surface area contributed by atoms with Crippen molar-refractivity contribution >= 4 is 115 Å². The second-order valence-corrected chi connectivity index (χ2v) is 32.9. The molecule has 0 spiro atoms. The minimum absolute atomic E-state index is 0.0286. The molecule has 3 aliphatic carbocycles. The second-order valence-electron chi connectivity index (χ2n) is 30.6. The zero-order chi connectivity index (χ0) is 85.1. The van der Waals surface area contributed by atoms with Gasteiger partial charge in [0.1, 0.15) is 66.8 Å². The fraction of sp³-hybridized carbons (Fsp3) is 0.566. The lowest BCUT2D eigenvalue weighted by Crippen LogP contribution is -2.62. The van der Waals surface area contributed by atoms with Crippen molar-refractivity contribution in [2.75, 3.05) is 47.5 Å². The van der Waals surface area contributed by atoms with Crippen molar-refractivity contribution < 1.29 is 83.4 Å². The Morgan fingerprint density at radius 3 is 1.19 bits per heavy atom. The fourth-order valence-electron chi connectivity index (χ4n) is 16.0. The molecule has 2 saturated heterocycles. The zero-order valence-corrected chi connectivity index (χ0v) is 71.7. The molecule has 0 radical (unpaired) electrons. The van der Waals surface area contributed by atoms with Gasteiger partial charge in [-0.3, -0.25) is 63.2 Å². The molecule has 118 heavy (non-hydrogen) atoms. The van der Waals surface area contributed by atoms with Crippen LogP contribution < -0.4 is 41.3 Å². The molecule has 642 valence electrons. The van der Waals surface area contributed by atoms with Crippen LogP contribution >= 0.6 is 45.2 Å². The van der Waals surface area contributed by atoms with Gasteiger partial charge in [0.15, 0.2) is 24.1 Å². The van der Waals surface area contributed by atoms with Gasteiger partial charge in [-0.05, 0) is 169 Å². The molecule has 33 nitrogen and oxygen atoms in total. The van der Waals surface area contributed by atoms with Gasteiger partial charge < -0.3 is 66.7 Å². The summed E-state index contributed by atoms with van der Waals surface area (Å²) in [6, 6.07) is 24.3. The summed E-state index contributed by atoms with van der Waals surface area (Å²) in [5.41, 5.74) is 1.73. The first kappa shape index (κ1) is 93.3. The number of carbonyl (C=O) groups is 8. The summed E-state index contributed by atoms with van der Waals surface area (Å²) in [4.78, 5) is 123. The normalized spacial score (nSPS) is 22.4. The molecular weight excluding hydrogens is 1750 g/mol. The number of anilines is 3. The van der Waals surface area contributed by atoms with Crippen LogP contribution in [0.2, 0.25) is 0 Å². The lowest BCUT2D eigenvalue weighted by atomic mass is 9.82. The highest BCUT2D eigenvalue weighted by Gasteiger charge is 2.50. The van der Waals surface area contributed by atoms with Gasteiger partial charge in [-0.1, -0.05) is 151 Å². The Bertz CT molecular complexity index is 4260. The summed E-state index contributed by atoms with van der Waals surface area (Å²) in [7, 11) is 0. The van der Waals surface area contributed by atoms with Gasteiger partial charge in [-0.15, -0.1) is 10.2 Å². The molecule has 5 aliphatic rings. The Hall–Kier alpha value is -8.54. The molecule has 8 amide bonds. The van der Waals surface area contributed by atoms with Crippen molar-refractivity contribution in [1.29, 1.82) is 0 Å². The van der Waals surface area contributed by atoms with Crippen LogP contribution in [0.15, 0.2) is 116 Å². The van der Waals surface area contributed by atoms with Gasteiger partial charge in [-0.25, -0.2) is 9.36 Å². The maximum atomic E-state index is 14.3. The van der Waals surface area contributed by atoms with E-state index < -0.39 is 121 Å². The summed E-state index contributed by atoms with van der Waals surface area (Å²) >= 11 is 4.22. The molecule has 6 aromatic rings. The van der Waals surface area contributed by atoms with Gasteiger partial charge in [0.2, 0.25) is 29.5 Å². The fourth-order valence-corrected chi connectivity index (χ4v) is 17.3. The number of hydrogen-bond donors (Lipinski definition) is 11. The summed E-state index contributed by atoms with van der Waals surface area (Å²) in [6.45, 7) is 8.98. The topological polar surface area (TPSA) is 451 Å². The first-order chi connectivity index (χ1) is 56.9. The van der Waals surface area contributed by atoms with Gasteiger partial charge >= 0.3 is 0 Å². The number of ether oxygens (including phenoxy) is 2. The molecule has 13 unspecified atom stereocenters. The van der Waals surface area contributed by atoms with E-state index in [1.54, 1.807) is 71.6 Å².